The zero-order valence-electron chi connectivity index (χ0n) is 17.4. The number of nitrogens with zero attached hydrogens (tertiary/aromatic N) is 3. The second-order valence-corrected chi connectivity index (χ2v) is 8.95. The van der Waals surface area contributed by atoms with E-state index in [9.17, 15) is 9.59 Å². The third-order valence-corrected chi connectivity index (χ3v) is 6.94. The van der Waals surface area contributed by atoms with Crippen molar-refractivity contribution in [1.29, 1.82) is 0 Å². The van der Waals surface area contributed by atoms with Gasteiger partial charge in [0.25, 0.3) is 5.91 Å². The van der Waals surface area contributed by atoms with Crippen LogP contribution in [0.5, 0.6) is 5.75 Å². The lowest BCUT2D eigenvalue weighted by atomic mass is 9.98. The van der Waals surface area contributed by atoms with Gasteiger partial charge < -0.3 is 19.1 Å². The first-order valence-electron chi connectivity index (χ1n) is 10.6. The molecule has 3 heterocycles. The largest absolute Gasteiger partial charge is 0.496 e. The predicted octanol–water partition coefficient (Wildman–Crippen LogP) is 3.79. The van der Waals surface area contributed by atoms with Crippen LogP contribution in [0.1, 0.15) is 39.8 Å². The van der Waals surface area contributed by atoms with E-state index in [0.29, 0.717) is 11.4 Å². The van der Waals surface area contributed by atoms with E-state index in [1.807, 2.05) is 52.7 Å². The van der Waals surface area contributed by atoms with Gasteiger partial charge >= 0.3 is 0 Å². The molecule has 31 heavy (non-hydrogen) atoms. The lowest BCUT2D eigenvalue weighted by molar-refractivity contribution is -0.134. The number of thiophene rings is 1. The molecule has 0 saturated heterocycles. The molecule has 5 rings (SSSR count). The van der Waals surface area contributed by atoms with E-state index in [2.05, 4.69) is 16.8 Å². The molecule has 0 N–H and O–H groups in total. The first-order valence-corrected chi connectivity index (χ1v) is 11.5. The zero-order valence-corrected chi connectivity index (χ0v) is 18.3. The van der Waals surface area contributed by atoms with Crippen molar-refractivity contribution >= 4 is 23.2 Å². The number of aromatic nitrogens is 1. The van der Waals surface area contributed by atoms with Crippen LogP contribution >= 0.6 is 11.3 Å². The Hall–Kier alpha value is -3.06. The number of hydrogen-bond acceptors (Lipinski definition) is 4. The summed E-state index contributed by atoms with van der Waals surface area (Å²) in [5, 5.41) is 1.90. The van der Waals surface area contributed by atoms with Gasteiger partial charge in [-0.1, -0.05) is 24.3 Å². The molecule has 6 nitrogen and oxygen atoms in total. The third-order valence-electron chi connectivity index (χ3n) is 6.08. The van der Waals surface area contributed by atoms with Crippen LogP contribution in [-0.4, -0.2) is 52.4 Å². The maximum atomic E-state index is 13.6. The fourth-order valence-electron chi connectivity index (χ4n) is 4.40. The Bertz CT molecular complexity index is 1090. The molecule has 1 fully saturated rings. The average molecular weight is 436 g/mol. The number of amides is 2. The van der Waals surface area contributed by atoms with Gasteiger partial charge in [-0.05, 0) is 42.5 Å². The highest BCUT2D eigenvalue weighted by Crippen LogP contribution is 2.38. The Morgan fingerprint density at radius 3 is 2.68 bits per heavy atom. The molecule has 1 saturated carbocycles. The quantitative estimate of drug-likeness (QED) is 0.592. The molecule has 0 spiro atoms. The summed E-state index contributed by atoms with van der Waals surface area (Å²) in [6, 6.07) is 15.6. The van der Waals surface area contributed by atoms with Crippen molar-refractivity contribution in [2.75, 3.05) is 20.2 Å². The van der Waals surface area contributed by atoms with E-state index < -0.39 is 0 Å². The fraction of sp³-hybridized carbons (Fsp3) is 0.333. The first kappa shape index (κ1) is 19.9. The molecule has 7 heteroatoms. The topological polar surface area (TPSA) is 54.8 Å². The summed E-state index contributed by atoms with van der Waals surface area (Å²) in [7, 11) is 1.65. The highest BCUT2D eigenvalue weighted by atomic mass is 32.1. The monoisotopic (exact) mass is 435 g/mol. The Morgan fingerprint density at radius 2 is 1.94 bits per heavy atom. The maximum absolute atomic E-state index is 13.6. The molecular weight excluding hydrogens is 410 g/mol. The lowest BCUT2D eigenvalue weighted by Gasteiger charge is -2.39. The van der Waals surface area contributed by atoms with Crippen LogP contribution in [0.4, 0.5) is 0 Å². The summed E-state index contributed by atoms with van der Waals surface area (Å²) in [6.45, 7) is 1.44. The van der Waals surface area contributed by atoms with Crippen molar-refractivity contribution in [3.8, 4) is 5.75 Å². The summed E-state index contributed by atoms with van der Waals surface area (Å²) in [5.41, 5.74) is 2.02. The van der Waals surface area contributed by atoms with Crippen molar-refractivity contribution in [2.45, 2.75) is 31.5 Å². The number of ether oxygens (including phenoxy) is 1. The highest BCUT2D eigenvalue weighted by Gasteiger charge is 2.39. The van der Waals surface area contributed by atoms with Gasteiger partial charge in [-0.2, -0.15) is 0 Å². The summed E-state index contributed by atoms with van der Waals surface area (Å²) >= 11 is 1.43. The lowest BCUT2D eigenvalue weighted by Crippen LogP contribution is -2.48. The van der Waals surface area contributed by atoms with Crippen molar-refractivity contribution in [3.05, 3.63) is 76.2 Å². The van der Waals surface area contributed by atoms with Gasteiger partial charge in [0.2, 0.25) is 5.91 Å². The number of benzene rings is 1. The molecule has 1 aromatic carbocycles. The van der Waals surface area contributed by atoms with E-state index >= 15 is 0 Å². The minimum absolute atomic E-state index is 0.0276. The van der Waals surface area contributed by atoms with Crippen LogP contribution in [0.2, 0.25) is 0 Å². The maximum Gasteiger partial charge on any atom is 0.264 e. The molecule has 1 atom stereocenters. The molecule has 1 aliphatic heterocycles. The molecule has 2 amide bonds. The van der Waals surface area contributed by atoms with Crippen molar-refractivity contribution in [2.24, 2.45) is 0 Å². The van der Waals surface area contributed by atoms with E-state index in [4.69, 9.17) is 4.74 Å². The average Bonchev–Trinajstić information content (AvgIpc) is 3.27. The molecule has 160 valence electrons. The number of carbonyl (C=O) groups is 2. The van der Waals surface area contributed by atoms with Crippen LogP contribution in [-0.2, 0) is 11.3 Å². The van der Waals surface area contributed by atoms with Gasteiger partial charge in [0.05, 0.1) is 12.0 Å². The van der Waals surface area contributed by atoms with Gasteiger partial charge in [0.1, 0.15) is 18.3 Å². The van der Waals surface area contributed by atoms with Gasteiger partial charge in [0, 0.05) is 36.6 Å². The first-order chi connectivity index (χ1) is 15.2. The smallest absolute Gasteiger partial charge is 0.264 e. The van der Waals surface area contributed by atoms with Crippen LogP contribution < -0.4 is 4.74 Å². The van der Waals surface area contributed by atoms with Gasteiger partial charge in [-0.15, -0.1) is 11.3 Å². The fourth-order valence-corrected chi connectivity index (χ4v) is 5.08. The minimum Gasteiger partial charge on any atom is -0.496 e. The van der Waals surface area contributed by atoms with Gasteiger partial charge in [-0.3, -0.25) is 9.59 Å². The second-order valence-electron chi connectivity index (χ2n) is 8.00. The Balaban J connectivity index is 1.46. The summed E-state index contributed by atoms with van der Waals surface area (Å²) < 4.78 is 7.82. The SMILES string of the molecule is COc1ccccc1C1c2cccn2CCN1C(=O)CN(C(=O)c1cccs1)C1CC1. The summed E-state index contributed by atoms with van der Waals surface area (Å²) in [4.78, 5) is 31.0. The minimum atomic E-state index is -0.245. The van der Waals surface area contributed by atoms with Crippen LogP contribution in [0.3, 0.4) is 0 Å². The number of fused-ring (bicyclic) bond motifs is 1. The molecular formula is C24H25N3O3S. The Kier molecular flexibility index (Phi) is 5.28. The van der Waals surface area contributed by atoms with Crippen LogP contribution in [0.25, 0.3) is 0 Å². The van der Waals surface area contributed by atoms with Crippen molar-refractivity contribution in [1.82, 2.24) is 14.4 Å². The Labute approximate surface area is 185 Å². The molecule has 1 unspecified atom stereocenters. The van der Waals surface area contributed by atoms with Crippen LogP contribution in [0.15, 0.2) is 60.1 Å². The molecule has 0 radical (unpaired) electrons. The summed E-state index contributed by atoms with van der Waals surface area (Å²) in [6.07, 6.45) is 3.97. The molecule has 2 aromatic heterocycles. The number of carbonyl (C=O) groups excluding carboxylic acids is 2. The number of hydrogen-bond donors (Lipinski definition) is 0. The standard InChI is InChI=1S/C24H25N3O3S/c1-30-20-8-3-2-6-18(20)23-19-7-4-12-25(19)13-14-26(23)22(28)16-27(17-10-11-17)24(29)21-9-5-15-31-21/h2-9,12,15,17,23H,10-11,13-14,16H2,1H3. The van der Waals surface area contributed by atoms with Gasteiger partial charge in [0.15, 0.2) is 0 Å². The molecule has 0 bridgehead atoms. The van der Waals surface area contributed by atoms with E-state index in [1.165, 1.54) is 11.3 Å². The van der Waals surface area contributed by atoms with E-state index in [0.717, 1.165) is 36.4 Å². The number of methoxy groups -OCH3 is 1. The van der Waals surface area contributed by atoms with Crippen molar-refractivity contribution < 1.29 is 14.3 Å². The van der Waals surface area contributed by atoms with E-state index in [1.54, 1.807) is 12.0 Å². The normalized spacial score (nSPS) is 17.8. The predicted molar refractivity (Wildman–Crippen MR) is 119 cm³/mol. The highest BCUT2D eigenvalue weighted by molar-refractivity contribution is 7.12. The van der Waals surface area contributed by atoms with Crippen LogP contribution in [0, 0.1) is 0 Å². The Morgan fingerprint density at radius 1 is 1.10 bits per heavy atom. The molecule has 1 aliphatic carbocycles. The molecule has 2 aliphatic rings. The van der Waals surface area contributed by atoms with Gasteiger partial charge in [-0.25, -0.2) is 0 Å². The molecule has 3 aromatic rings. The van der Waals surface area contributed by atoms with Crippen molar-refractivity contribution in [3.63, 3.8) is 0 Å². The summed E-state index contributed by atoms with van der Waals surface area (Å²) in [5.74, 6) is 0.689. The number of rotatable bonds is 6. The van der Waals surface area contributed by atoms with E-state index in [-0.39, 0.29) is 30.4 Å². The zero-order chi connectivity index (χ0) is 21.4. The third kappa shape index (κ3) is 3.74. The number of para-hydroxylation sites is 1. The second kappa shape index (κ2) is 8.23.